The summed E-state index contributed by atoms with van der Waals surface area (Å²) in [6.45, 7) is 5.10. The lowest BCUT2D eigenvalue weighted by Gasteiger charge is -2.19. The summed E-state index contributed by atoms with van der Waals surface area (Å²) >= 11 is 0. The van der Waals surface area contributed by atoms with Gasteiger partial charge in [-0.05, 0) is 25.5 Å². The number of aromatic nitrogens is 1. The molecule has 0 spiro atoms. The average Bonchev–Trinajstić information content (AvgIpc) is 2.17. The van der Waals surface area contributed by atoms with Gasteiger partial charge in [0.2, 0.25) is 0 Å². The molecule has 1 heterocycles. The molecule has 0 amide bonds. The van der Waals surface area contributed by atoms with Crippen molar-refractivity contribution in [2.75, 3.05) is 25.0 Å². The van der Waals surface area contributed by atoms with Gasteiger partial charge in [0.05, 0.1) is 5.56 Å². The molecule has 0 unspecified atom stereocenters. The molecular formula is C11H16N4. The Morgan fingerprint density at radius 3 is 2.73 bits per heavy atom. The lowest BCUT2D eigenvalue weighted by atomic mass is 10.1. The minimum absolute atomic E-state index is 0.552. The van der Waals surface area contributed by atoms with Crippen molar-refractivity contribution >= 4 is 5.82 Å². The summed E-state index contributed by atoms with van der Waals surface area (Å²) in [5.41, 5.74) is 8.00. The summed E-state index contributed by atoms with van der Waals surface area (Å²) in [5, 5.41) is 9.06. The van der Waals surface area contributed by atoms with E-state index in [0.29, 0.717) is 18.7 Å². The molecule has 0 bridgehead atoms. The van der Waals surface area contributed by atoms with Gasteiger partial charge in [-0.15, -0.1) is 0 Å². The minimum atomic E-state index is 0.552. The van der Waals surface area contributed by atoms with Gasteiger partial charge in [0.15, 0.2) is 0 Å². The average molecular weight is 204 g/mol. The van der Waals surface area contributed by atoms with Crippen LogP contribution in [0.1, 0.15) is 16.8 Å². The number of nitrogens with zero attached hydrogens (tertiary/aromatic N) is 3. The van der Waals surface area contributed by atoms with E-state index in [9.17, 15) is 0 Å². The van der Waals surface area contributed by atoms with Crippen molar-refractivity contribution in [3.8, 4) is 6.07 Å². The second kappa shape index (κ2) is 4.76. The smallest absolute Gasteiger partial charge is 0.146 e. The molecule has 1 rings (SSSR count). The number of aryl methyl sites for hydroxylation is 2. The van der Waals surface area contributed by atoms with E-state index in [-0.39, 0.29) is 0 Å². The number of hydrogen-bond donors (Lipinski definition) is 1. The van der Waals surface area contributed by atoms with Crippen LogP contribution in [0.4, 0.5) is 5.82 Å². The normalized spacial score (nSPS) is 9.80. The van der Waals surface area contributed by atoms with Crippen LogP contribution >= 0.6 is 0 Å². The molecule has 1 aromatic rings. The van der Waals surface area contributed by atoms with Crippen LogP contribution in [-0.2, 0) is 0 Å². The van der Waals surface area contributed by atoms with Gasteiger partial charge in [-0.1, -0.05) is 0 Å². The van der Waals surface area contributed by atoms with Crippen molar-refractivity contribution in [1.29, 1.82) is 5.26 Å². The number of hydrogen-bond acceptors (Lipinski definition) is 4. The molecule has 0 aliphatic heterocycles. The van der Waals surface area contributed by atoms with E-state index < -0.39 is 0 Å². The van der Waals surface area contributed by atoms with E-state index in [0.717, 1.165) is 17.1 Å². The van der Waals surface area contributed by atoms with Crippen molar-refractivity contribution < 1.29 is 0 Å². The molecular weight excluding hydrogens is 188 g/mol. The van der Waals surface area contributed by atoms with Gasteiger partial charge in [0.1, 0.15) is 11.9 Å². The molecule has 2 N–H and O–H groups in total. The number of pyridine rings is 1. The highest BCUT2D eigenvalue weighted by atomic mass is 15.2. The molecule has 80 valence electrons. The van der Waals surface area contributed by atoms with Gasteiger partial charge in [-0.2, -0.15) is 5.26 Å². The Balaban J connectivity index is 3.21. The molecule has 0 radical (unpaired) electrons. The Labute approximate surface area is 90.3 Å². The van der Waals surface area contributed by atoms with E-state index in [1.807, 2.05) is 31.9 Å². The van der Waals surface area contributed by atoms with E-state index in [1.54, 1.807) is 0 Å². The fraction of sp³-hybridized carbons (Fsp3) is 0.455. The summed E-state index contributed by atoms with van der Waals surface area (Å²) in [5.74, 6) is 0.723. The Bertz CT molecular complexity index is 392. The summed E-state index contributed by atoms with van der Waals surface area (Å²) < 4.78 is 0. The van der Waals surface area contributed by atoms with E-state index >= 15 is 0 Å². The lowest BCUT2D eigenvalue weighted by molar-refractivity contribution is 0.861. The van der Waals surface area contributed by atoms with Crippen LogP contribution in [-0.4, -0.2) is 25.1 Å². The second-order valence-electron chi connectivity index (χ2n) is 3.60. The molecule has 4 heteroatoms. The first-order chi connectivity index (χ1) is 7.10. The van der Waals surface area contributed by atoms with Crippen LogP contribution in [0.25, 0.3) is 0 Å². The third-order valence-electron chi connectivity index (χ3n) is 2.26. The monoisotopic (exact) mass is 204 g/mol. The summed E-state index contributed by atoms with van der Waals surface area (Å²) in [4.78, 5) is 6.29. The quantitative estimate of drug-likeness (QED) is 0.796. The first-order valence-electron chi connectivity index (χ1n) is 4.89. The van der Waals surface area contributed by atoms with Gasteiger partial charge >= 0.3 is 0 Å². The Morgan fingerprint density at radius 1 is 1.53 bits per heavy atom. The maximum Gasteiger partial charge on any atom is 0.146 e. The van der Waals surface area contributed by atoms with Gasteiger partial charge in [0, 0.05) is 25.8 Å². The molecule has 0 aliphatic rings. The molecule has 1 aromatic heterocycles. The van der Waals surface area contributed by atoms with E-state index in [4.69, 9.17) is 11.0 Å². The SMILES string of the molecule is Cc1cc(C)c(C#N)c(N(C)CCN)n1. The predicted octanol–water partition coefficient (Wildman–Crippen LogP) is 0.965. The van der Waals surface area contributed by atoms with Gasteiger partial charge in [0.25, 0.3) is 0 Å². The van der Waals surface area contributed by atoms with Crippen LogP contribution < -0.4 is 10.6 Å². The molecule has 0 aliphatic carbocycles. The fourth-order valence-electron chi connectivity index (χ4n) is 1.53. The highest BCUT2D eigenvalue weighted by molar-refractivity contribution is 5.57. The summed E-state index contributed by atoms with van der Waals surface area (Å²) in [7, 11) is 1.90. The standard InChI is InChI=1S/C11H16N4/c1-8-6-9(2)14-11(10(8)7-13)15(3)5-4-12/h6H,4-5,12H2,1-3H3. The first kappa shape index (κ1) is 11.5. The van der Waals surface area contributed by atoms with Crippen molar-refractivity contribution in [3.63, 3.8) is 0 Å². The zero-order chi connectivity index (χ0) is 11.4. The molecule has 4 nitrogen and oxygen atoms in total. The summed E-state index contributed by atoms with van der Waals surface area (Å²) in [6, 6.07) is 4.10. The first-order valence-corrected chi connectivity index (χ1v) is 4.89. The fourth-order valence-corrected chi connectivity index (χ4v) is 1.53. The van der Waals surface area contributed by atoms with Crippen LogP contribution in [0.3, 0.4) is 0 Å². The molecule has 0 aromatic carbocycles. The van der Waals surface area contributed by atoms with Crippen LogP contribution in [0, 0.1) is 25.2 Å². The Kier molecular flexibility index (Phi) is 3.64. The topological polar surface area (TPSA) is 65.9 Å². The Morgan fingerprint density at radius 2 is 2.20 bits per heavy atom. The zero-order valence-electron chi connectivity index (χ0n) is 9.41. The van der Waals surface area contributed by atoms with Crippen LogP contribution in [0.5, 0.6) is 0 Å². The maximum atomic E-state index is 9.06. The number of rotatable bonds is 3. The summed E-state index contributed by atoms with van der Waals surface area (Å²) in [6.07, 6.45) is 0. The molecule has 0 saturated carbocycles. The largest absolute Gasteiger partial charge is 0.357 e. The third-order valence-corrected chi connectivity index (χ3v) is 2.26. The second-order valence-corrected chi connectivity index (χ2v) is 3.60. The van der Waals surface area contributed by atoms with Crippen LogP contribution in [0.15, 0.2) is 6.07 Å². The molecule has 0 fully saturated rings. The van der Waals surface area contributed by atoms with Gasteiger partial charge in [-0.25, -0.2) is 4.98 Å². The maximum absolute atomic E-state index is 9.06. The predicted molar refractivity (Wildman–Crippen MR) is 60.8 cm³/mol. The highest BCUT2D eigenvalue weighted by Gasteiger charge is 2.11. The van der Waals surface area contributed by atoms with Crippen LogP contribution in [0.2, 0.25) is 0 Å². The highest BCUT2D eigenvalue weighted by Crippen LogP contribution is 2.20. The number of likely N-dealkylation sites (N-methyl/N-ethyl adjacent to an activating group) is 1. The third kappa shape index (κ3) is 2.45. The Hall–Kier alpha value is -1.60. The van der Waals surface area contributed by atoms with Crippen molar-refractivity contribution in [2.45, 2.75) is 13.8 Å². The minimum Gasteiger partial charge on any atom is -0.357 e. The number of nitriles is 1. The molecule has 15 heavy (non-hydrogen) atoms. The van der Waals surface area contributed by atoms with Crippen molar-refractivity contribution in [3.05, 3.63) is 22.9 Å². The number of nitrogens with two attached hydrogens (primary N) is 1. The van der Waals surface area contributed by atoms with Crippen molar-refractivity contribution in [1.82, 2.24) is 4.98 Å². The molecule has 0 saturated heterocycles. The lowest BCUT2D eigenvalue weighted by Crippen LogP contribution is -2.27. The number of anilines is 1. The van der Waals surface area contributed by atoms with Crippen molar-refractivity contribution in [2.24, 2.45) is 5.73 Å². The van der Waals surface area contributed by atoms with E-state index in [2.05, 4.69) is 11.1 Å². The van der Waals surface area contributed by atoms with Gasteiger partial charge < -0.3 is 10.6 Å². The zero-order valence-corrected chi connectivity index (χ0v) is 9.41. The molecule has 0 atom stereocenters. The van der Waals surface area contributed by atoms with E-state index in [1.165, 1.54) is 0 Å². The van der Waals surface area contributed by atoms with Gasteiger partial charge in [-0.3, -0.25) is 0 Å².